The number of hydrogen-bond donors (Lipinski definition) is 3. The number of halogens is 1. The number of carbonyl (C=O) groups is 2. The molecule has 1 aliphatic carbocycles. The van der Waals surface area contributed by atoms with Crippen molar-refractivity contribution in [2.75, 3.05) is 13.1 Å². The molecule has 0 bridgehead atoms. The van der Waals surface area contributed by atoms with Crippen molar-refractivity contribution in [2.24, 2.45) is 0 Å². The van der Waals surface area contributed by atoms with E-state index in [2.05, 4.69) is 15.6 Å². The Morgan fingerprint density at radius 3 is 2.43 bits per heavy atom. The van der Waals surface area contributed by atoms with E-state index < -0.39 is 0 Å². The summed E-state index contributed by atoms with van der Waals surface area (Å²) in [5.74, 6) is -0.113. The number of piperidine rings is 1. The van der Waals surface area contributed by atoms with Crippen molar-refractivity contribution in [1.82, 2.24) is 20.5 Å². The molecule has 28 heavy (non-hydrogen) atoms. The Bertz CT molecular complexity index is 851. The first-order valence-electron chi connectivity index (χ1n) is 10.2. The van der Waals surface area contributed by atoms with Crippen LogP contribution in [0.2, 0.25) is 5.02 Å². The smallest absolute Gasteiger partial charge is 0.317 e. The summed E-state index contributed by atoms with van der Waals surface area (Å²) < 4.78 is 0. The Hall–Kier alpha value is -2.21. The van der Waals surface area contributed by atoms with Crippen molar-refractivity contribution in [3.8, 4) is 0 Å². The highest BCUT2D eigenvalue weighted by molar-refractivity contribution is 6.31. The van der Waals surface area contributed by atoms with E-state index in [0.29, 0.717) is 29.8 Å². The lowest BCUT2D eigenvalue weighted by Crippen LogP contribution is -2.51. The molecule has 3 amide bonds. The molecule has 1 saturated heterocycles. The summed E-state index contributed by atoms with van der Waals surface area (Å²) in [6.45, 7) is 1.34. The third-order valence-corrected chi connectivity index (χ3v) is 6.11. The Labute approximate surface area is 170 Å². The van der Waals surface area contributed by atoms with Crippen LogP contribution < -0.4 is 10.6 Å². The van der Waals surface area contributed by atoms with Gasteiger partial charge >= 0.3 is 6.03 Å². The highest BCUT2D eigenvalue weighted by Crippen LogP contribution is 2.21. The summed E-state index contributed by atoms with van der Waals surface area (Å²) >= 11 is 6.01. The molecule has 2 fully saturated rings. The average molecular weight is 403 g/mol. The monoisotopic (exact) mass is 402 g/mol. The molecule has 0 atom stereocenters. The molecule has 1 saturated carbocycles. The second-order valence-electron chi connectivity index (χ2n) is 7.93. The standard InChI is InChI=1S/C21H27ClN4O2/c22-15-7-6-14-12-19(25-18(14)13-15)20(27)23-17-8-10-26(11-9-17)21(28)24-16-4-2-1-3-5-16/h6-7,12-13,16-17,25H,1-5,8-11H2,(H,23,27)(H,24,28). The lowest BCUT2D eigenvalue weighted by molar-refractivity contribution is 0.0913. The predicted molar refractivity (Wildman–Crippen MR) is 111 cm³/mol. The van der Waals surface area contributed by atoms with Gasteiger partial charge in [0.2, 0.25) is 0 Å². The quantitative estimate of drug-likeness (QED) is 0.724. The second kappa shape index (κ2) is 8.43. The maximum absolute atomic E-state index is 12.6. The van der Waals surface area contributed by atoms with Gasteiger partial charge in [0.15, 0.2) is 0 Å². The van der Waals surface area contributed by atoms with Gasteiger partial charge < -0.3 is 20.5 Å². The molecule has 1 aromatic heterocycles. The van der Waals surface area contributed by atoms with Gasteiger partial charge in [0.25, 0.3) is 5.91 Å². The summed E-state index contributed by atoms with van der Waals surface area (Å²) in [4.78, 5) is 30.0. The van der Waals surface area contributed by atoms with Crippen molar-refractivity contribution in [3.63, 3.8) is 0 Å². The molecule has 0 spiro atoms. The zero-order valence-corrected chi connectivity index (χ0v) is 16.7. The molecule has 4 rings (SSSR count). The average Bonchev–Trinajstić information content (AvgIpc) is 3.12. The molecular formula is C21H27ClN4O2. The van der Waals surface area contributed by atoms with Crippen LogP contribution in [-0.2, 0) is 0 Å². The topological polar surface area (TPSA) is 77.2 Å². The minimum atomic E-state index is -0.113. The first-order chi connectivity index (χ1) is 13.6. The first-order valence-corrected chi connectivity index (χ1v) is 10.6. The van der Waals surface area contributed by atoms with Crippen molar-refractivity contribution in [1.29, 1.82) is 0 Å². The van der Waals surface area contributed by atoms with Gasteiger partial charge in [-0.05, 0) is 43.9 Å². The third-order valence-electron chi connectivity index (χ3n) is 5.88. The van der Waals surface area contributed by atoms with Crippen LogP contribution in [0.25, 0.3) is 10.9 Å². The number of amides is 3. The van der Waals surface area contributed by atoms with Crippen LogP contribution in [0.3, 0.4) is 0 Å². The molecule has 6 nitrogen and oxygen atoms in total. The molecule has 7 heteroatoms. The van der Waals surface area contributed by atoms with Crippen molar-refractivity contribution < 1.29 is 9.59 Å². The minimum absolute atomic E-state index is 0.0455. The molecule has 150 valence electrons. The van der Waals surface area contributed by atoms with Crippen LogP contribution >= 0.6 is 11.6 Å². The minimum Gasteiger partial charge on any atom is -0.350 e. The van der Waals surface area contributed by atoms with E-state index in [1.165, 1.54) is 19.3 Å². The number of urea groups is 1. The third kappa shape index (κ3) is 4.43. The zero-order chi connectivity index (χ0) is 19.5. The van der Waals surface area contributed by atoms with Crippen LogP contribution in [0.1, 0.15) is 55.4 Å². The highest BCUT2D eigenvalue weighted by atomic mass is 35.5. The molecule has 0 radical (unpaired) electrons. The van der Waals surface area contributed by atoms with Crippen LogP contribution in [0.4, 0.5) is 4.79 Å². The van der Waals surface area contributed by atoms with E-state index in [1.807, 2.05) is 29.2 Å². The molecule has 2 aromatic rings. The van der Waals surface area contributed by atoms with Crippen LogP contribution in [0, 0.1) is 0 Å². The Balaban J connectivity index is 1.27. The molecule has 2 heterocycles. The fraction of sp³-hybridized carbons (Fsp3) is 0.524. The van der Waals surface area contributed by atoms with E-state index in [0.717, 1.165) is 36.6 Å². The lowest BCUT2D eigenvalue weighted by atomic mass is 9.95. The molecule has 1 aliphatic heterocycles. The maximum Gasteiger partial charge on any atom is 0.317 e. The number of likely N-dealkylation sites (tertiary alicyclic amines) is 1. The number of hydrogen-bond acceptors (Lipinski definition) is 2. The summed E-state index contributed by atoms with van der Waals surface area (Å²) in [5.41, 5.74) is 1.39. The van der Waals surface area contributed by atoms with Crippen molar-refractivity contribution in [2.45, 2.75) is 57.0 Å². The van der Waals surface area contributed by atoms with Gasteiger partial charge in [-0.25, -0.2) is 4.79 Å². The van der Waals surface area contributed by atoms with Gasteiger partial charge in [0.05, 0.1) is 0 Å². The number of aromatic nitrogens is 1. The number of benzene rings is 1. The SMILES string of the molecule is O=C(NC1CCN(C(=O)NC2CCCCC2)CC1)c1cc2ccc(Cl)cc2[nH]1. The van der Waals surface area contributed by atoms with Gasteiger partial charge in [-0.2, -0.15) is 0 Å². The van der Waals surface area contributed by atoms with Gasteiger partial charge in [-0.1, -0.05) is 36.9 Å². The van der Waals surface area contributed by atoms with E-state index in [9.17, 15) is 9.59 Å². The fourth-order valence-corrected chi connectivity index (χ4v) is 4.40. The van der Waals surface area contributed by atoms with Gasteiger partial charge in [-0.3, -0.25) is 4.79 Å². The normalized spacial score (nSPS) is 19.0. The number of carbonyl (C=O) groups excluding carboxylic acids is 2. The van der Waals surface area contributed by atoms with E-state index in [-0.39, 0.29) is 18.0 Å². The maximum atomic E-state index is 12.6. The van der Waals surface area contributed by atoms with Gasteiger partial charge in [0.1, 0.15) is 5.69 Å². The summed E-state index contributed by atoms with van der Waals surface area (Å²) in [6.07, 6.45) is 7.42. The van der Waals surface area contributed by atoms with Crippen molar-refractivity contribution >= 4 is 34.4 Å². The summed E-state index contributed by atoms with van der Waals surface area (Å²) in [6, 6.07) is 7.83. The van der Waals surface area contributed by atoms with Crippen molar-refractivity contribution in [3.05, 3.63) is 35.0 Å². The highest BCUT2D eigenvalue weighted by Gasteiger charge is 2.26. The number of fused-ring (bicyclic) bond motifs is 1. The number of nitrogens with one attached hydrogen (secondary N) is 3. The summed E-state index contributed by atoms with van der Waals surface area (Å²) in [5, 5.41) is 7.86. The first kappa shape index (κ1) is 19.1. The Kier molecular flexibility index (Phi) is 5.76. The van der Waals surface area contributed by atoms with E-state index in [4.69, 9.17) is 11.6 Å². The fourth-order valence-electron chi connectivity index (χ4n) is 4.22. The molecule has 2 aliphatic rings. The lowest BCUT2D eigenvalue weighted by Gasteiger charge is -2.34. The second-order valence-corrected chi connectivity index (χ2v) is 8.37. The number of rotatable bonds is 3. The van der Waals surface area contributed by atoms with Gasteiger partial charge in [0, 0.05) is 41.1 Å². The van der Waals surface area contributed by atoms with Gasteiger partial charge in [-0.15, -0.1) is 0 Å². The Morgan fingerprint density at radius 1 is 0.964 bits per heavy atom. The zero-order valence-electron chi connectivity index (χ0n) is 16.0. The Morgan fingerprint density at radius 2 is 1.68 bits per heavy atom. The summed E-state index contributed by atoms with van der Waals surface area (Å²) in [7, 11) is 0. The van der Waals surface area contributed by atoms with Crippen LogP contribution in [-0.4, -0.2) is 47.0 Å². The number of H-pyrrole nitrogens is 1. The van der Waals surface area contributed by atoms with Crippen LogP contribution in [0.5, 0.6) is 0 Å². The number of aromatic amines is 1. The molecule has 1 aromatic carbocycles. The number of nitrogens with zero attached hydrogens (tertiary/aromatic N) is 1. The molecular weight excluding hydrogens is 376 g/mol. The predicted octanol–water partition coefficient (Wildman–Crippen LogP) is 4.06. The van der Waals surface area contributed by atoms with E-state index in [1.54, 1.807) is 0 Å². The van der Waals surface area contributed by atoms with Crippen LogP contribution in [0.15, 0.2) is 24.3 Å². The van der Waals surface area contributed by atoms with E-state index >= 15 is 0 Å². The largest absolute Gasteiger partial charge is 0.350 e. The molecule has 3 N–H and O–H groups in total. The molecule has 0 unspecified atom stereocenters.